The van der Waals surface area contributed by atoms with Crippen molar-refractivity contribution in [2.75, 3.05) is 13.1 Å². The maximum Gasteiger partial charge on any atom is 0.488 e. The van der Waals surface area contributed by atoms with Gasteiger partial charge in [0.25, 0.3) is 5.92 Å². The molecule has 4 rings (SSSR count). The summed E-state index contributed by atoms with van der Waals surface area (Å²) in [4.78, 5) is 14.3. The van der Waals surface area contributed by atoms with Crippen molar-refractivity contribution >= 4 is 18.5 Å². The zero-order chi connectivity index (χ0) is 24.0. The number of carbonyl (C=O) groups is 1. The van der Waals surface area contributed by atoms with Crippen molar-refractivity contribution < 1.29 is 23.6 Å². The molecule has 2 saturated carbocycles. The number of benzene rings is 1. The maximum atomic E-state index is 15.4. The summed E-state index contributed by atoms with van der Waals surface area (Å²) in [7, 11) is -1.49. The minimum atomic E-state index is -2.67. The quantitative estimate of drug-likeness (QED) is 0.601. The van der Waals surface area contributed by atoms with Crippen LogP contribution in [0.15, 0.2) is 18.2 Å². The Morgan fingerprint density at radius 2 is 1.94 bits per heavy atom. The van der Waals surface area contributed by atoms with Gasteiger partial charge in [-0.3, -0.25) is 4.79 Å². The number of nitrogens with zero attached hydrogens (tertiary/aromatic N) is 1. The fourth-order valence-corrected chi connectivity index (χ4v) is 7.53. The van der Waals surface area contributed by atoms with Crippen molar-refractivity contribution in [1.82, 2.24) is 4.90 Å². The van der Waals surface area contributed by atoms with E-state index in [4.69, 9.17) is 0 Å². The molecule has 0 spiro atoms. The van der Waals surface area contributed by atoms with Crippen LogP contribution in [-0.2, 0) is 11.2 Å². The van der Waals surface area contributed by atoms with E-state index in [1.807, 2.05) is 37.8 Å². The number of hydrogen-bond acceptors (Lipinski definition) is 3. The third kappa shape index (κ3) is 4.24. The van der Waals surface area contributed by atoms with Gasteiger partial charge in [0.2, 0.25) is 5.91 Å². The van der Waals surface area contributed by atoms with E-state index in [1.165, 1.54) is 5.56 Å². The summed E-state index contributed by atoms with van der Waals surface area (Å²) in [5, 5.41) is 19.1. The fraction of sp³-hybridized carbons (Fsp3) is 0.731. The van der Waals surface area contributed by atoms with Crippen LogP contribution in [0.4, 0.5) is 8.78 Å². The second-order valence-corrected chi connectivity index (χ2v) is 10.7. The van der Waals surface area contributed by atoms with Crippen molar-refractivity contribution in [2.24, 2.45) is 23.2 Å². The fourth-order valence-electron chi connectivity index (χ4n) is 7.53. The molecule has 7 heteroatoms. The summed E-state index contributed by atoms with van der Waals surface area (Å²) in [6.45, 7) is 7.14. The predicted molar refractivity (Wildman–Crippen MR) is 126 cm³/mol. The van der Waals surface area contributed by atoms with Crippen LogP contribution in [-0.4, -0.2) is 47.0 Å². The third-order valence-corrected chi connectivity index (χ3v) is 9.24. The molecule has 3 aliphatic rings. The summed E-state index contributed by atoms with van der Waals surface area (Å²) in [5.74, 6) is -2.15. The Bertz CT molecular complexity index is 875. The number of amides is 1. The lowest BCUT2D eigenvalue weighted by Gasteiger charge is -2.51. The van der Waals surface area contributed by atoms with Gasteiger partial charge in [-0.05, 0) is 92.6 Å². The van der Waals surface area contributed by atoms with Crippen LogP contribution in [0.5, 0.6) is 0 Å². The summed E-state index contributed by atoms with van der Waals surface area (Å²) >= 11 is 0. The highest BCUT2D eigenvalue weighted by Crippen LogP contribution is 2.68. The number of fused-ring (bicyclic) bond motifs is 5. The Kier molecular flexibility index (Phi) is 6.94. The lowest BCUT2D eigenvalue weighted by atomic mass is 9.53. The molecule has 3 aliphatic carbocycles. The van der Waals surface area contributed by atoms with Crippen molar-refractivity contribution in [3.8, 4) is 0 Å². The van der Waals surface area contributed by atoms with Gasteiger partial charge in [-0.2, -0.15) is 0 Å². The van der Waals surface area contributed by atoms with E-state index >= 15 is 8.78 Å². The molecule has 1 amide bonds. The van der Waals surface area contributed by atoms with Crippen molar-refractivity contribution in [3.05, 3.63) is 29.3 Å². The number of rotatable bonds is 7. The number of alkyl halides is 2. The molecule has 182 valence electrons. The number of halogens is 2. The van der Waals surface area contributed by atoms with E-state index in [0.717, 1.165) is 24.8 Å². The highest BCUT2D eigenvalue weighted by atomic mass is 19.3. The molecule has 1 aromatic carbocycles. The lowest BCUT2D eigenvalue weighted by Crippen LogP contribution is -2.47. The molecule has 1 aromatic rings. The molecule has 0 aliphatic heterocycles. The van der Waals surface area contributed by atoms with Gasteiger partial charge in [0.1, 0.15) is 0 Å². The molecular weight excluding hydrogens is 423 g/mol. The number of carbonyl (C=O) groups excluding carboxylic acids is 1. The van der Waals surface area contributed by atoms with Crippen LogP contribution in [0.1, 0.15) is 82.8 Å². The zero-order valence-electron chi connectivity index (χ0n) is 20.2. The Morgan fingerprint density at radius 1 is 1.21 bits per heavy atom. The molecule has 5 atom stereocenters. The van der Waals surface area contributed by atoms with E-state index in [1.54, 1.807) is 6.07 Å². The summed E-state index contributed by atoms with van der Waals surface area (Å²) in [6.07, 6.45) is 4.69. The number of aryl methyl sites for hydroxylation is 1. The first-order chi connectivity index (χ1) is 15.6. The van der Waals surface area contributed by atoms with Gasteiger partial charge in [-0.1, -0.05) is 25.1 Å². The molecule has 33 heavy (non-hydrogen) atoms. The molecule has 2 N–H and O–H groups in total. The maximum absolute atomic E-state index is 15.4. The Morgan fingerprint density at radius 3 is 2.61 bits per heavy atom. The second kappa shape index (κ2) is 9.29. The van der Waals surface area contributed by atoms with Crippen LogP contribution in [0.3, 0.4) is 0 Å². The van der Waals surface area contributed by atoms with Gasteiger partial charge in [-0.15, -0.1) is 0 Å². The molecule has 0 saturated heterocycles. The molecule has 0 radical (unpaired) electrons. The molecule has 3 unspecified atom stereocenters. The van der Waals surface area contributed by atoms with Crippen molar-refractivity contribution in [1.29, 1.82) is 0 Å². The van der Waals surface area contributed by atoms with E-state index in [9.17, 15) is 14.8 Å². The normalized spacial score (nSPS) is 32.0. The molecule has 0 aromatic heterocycles. The minimum absolute atomic E-state index is 0.0361. The second-order valence-electron chi connectivity index (χ2n) is 10.7. The van der Waals surface area contributed by atoms with Gasteiger partial charge >= 0.3 is 7.12 Å². The van der Waals surface area contributed by atoms with Crippen LogP contribution < -0.4 is 5.46 Å². The standard InChI is InChI=1S/C26H38BF2NO3/c1-4-30(5-2)23(31)8-6-7-18-16-26(28,29)25(3)14-13-21-20-12-10-19(27(32)33)15-17(20)9-11-22(21)24(18)25/h10,12,15,18,21-22,24,32-33H,4-9,11,13-14,16H2,1-3H3/t18-,21?,22?,24?,25-/m0/s1. The third-order valence-electron chi connectivity index (χ3n) is 9.24. The van der Waals surface area contributed by atoms with Crippen molar-refractivity contribution in [3.63, 3.8) is 0 Å². The number of hydrogen-bond donors (Lipinski definition) is 2. The van der Waals surface area contributed by atoms with Gasteiger partial charge in [0.15, 0.2) is 0 Å². The Hall–Kier alpha value is -1.47. The van der Waals surface area contributed by atoms with E-state index in [2.05, 4.69) is 0 Å². The molecule has 0 heterocycles. The molecule has 0 bridgehead atoms. The Balaban J connectivity index is 1.54. The average Bonchev–Trinajstić information content (AvgIpc) is 2.99. The molecule has 2 fully saturated rings. The van der Waals surface area contributed by atoms with Crippen LogP contribution in [0, 0.1) is 23.2 Å². The van der Waals surface area contributed by atoms with E-state index in [-0.39, 0.29) is 36.0 Å². The molecule has 4 nitrogen and oxygen atoms in total. The van der Waals surface area contributed by atoms with Gasteiger partial charge in [0, 0.05) is 31.3 Å². The first-order valence-corrected chi connectivity index (χ1v) is 12.8. The minimum Gasteiger partial charge on any atom is -0.423 e. The zero-order valence-corrected chi connectivity index (χ0v) is 20.2. The SMILES string of the molecule is CCN(CC)C(=O)CCC[C@H]1CC(F)(F)[C@@]2(C)CCC3c4ccc(B(O)O)cc4CCC3C12. The van der Waals surface area contributed by atoms with Crippen LogP contribution >= 0.6 is 0 Å². The average molecular weight is 461 g/mol. The summed E-state index contributed by atoms with van der Waals surface area (Å²) in [6, 6.07) is 5.64. The monoisotopic (exact) mass is 461 g/mol. The van der Waals surface area contributed by atoms with E-state index in [0.29, 0.717) is 44.2 Å². The first-order valence-electron chi connectivity index (χ1n) is 12.8. The van der Waals surface area contributed by atoms with E-state index < -0.39 is 18.5 Å². The molecular formula is C26H38BF2NO3. The summed E-state index contributed by atoms with van der Waals surface area (Å²) < 4.78 is 30.8. The van der Waals surface area contributed by atoms with Crippen LogP contribution in [0.25, 0.3) is 0 Å². The largest absolute Gasteiger partial charge is 0.488 e. The lowest BCUT2D eigenvalue weighted by molar-refractivity contribution is -0.133. The smallest absolute Gasteiger partial charge is 0.423 e. The van der Waals surface area contributed by atoms with Crippen molar-refractivity contribution in [2.45, 2.75) is 84.0 Å². The summed E-state index contributed by atoms with van der Waals surface area (Å²) in [5.41, 5.74) is 1.87. The van der Waals surface area contributed by atoms with Crippen LogP contribution in [0.2, 0.25) is 0 Å². The first kappa shape index (κ1) is 24.7. The highest BCUT2D eigenvalue weighted by molar-refractivity contribution is 6.58. The Labute approximate surface area is 196 Å². The van der Waals surface area contributed by atoms with Gasteiger partial charge in [0.05, 0.1) is 0 Å². The predicted octanol–water partition coefficient (Wildman–Crippen LogP) is 4.12. The van der Waals surface area contributed by atoms with Gasteiger partial charge in [-0.25, -0.2) is 8.78 Å². The topological polar surface area (TPSA) is 60.8 Å². The van der Waals surface area contributed by atoms with Gasteiger partial charge < -0.3 is 14.9 Å². The highest BCUT2D eigenvalue weighted by Gasteiger charge is 2.67.